The second-order valence-corrected chi connectivity index (χ2v) is 32.8. The van der Waals surface area contributed by atoms with E-state index in [2.05, 4.69) is 76.4 Å². The molecule has 0 unspecified atom stereocenters. The van der Waals surface area contributed by atoms with Gasteiger partial charge in [0.05, 0.1) is 0 Å². The number of urea groups is 1. The van der Waals surface area contributed by atoms with E-state index in [0.29, 0.717) is 32.5 Å². The van der Waals surface area contributed by atoms with Crippen LogP contribution in [0.3, 0.4) is 0 Å². The molecule has 0 saturated heterocycles. The standard InChI is InChI=1S/C35H59N4O6.3C4H9.Sn/c1-33(2,3)28(19-14-16-24-39(29(40)20-13-15-23-36)25-26-17-11-10-12-18-26)38-32(43)37-27(31(42)45-35(7,8)9)21-22-30(41)44-34(4,5)6;3*1-3-4-2;/h11-12,17-18,27-28H,13-16,19-25,36H2,1-9H3,(H2,37,38,43);3*1,3-4H2,2H3;/t27-,28-;;;;/m0..../s1. The van der Waals surface area contributed by atoms with E-state index >= 15 is 0 Å². The van der Waals surface area contributed by atoms with Gasteiger partial charge in [-0.3, -0.25) is 4.79 Å². The predicted molar refractivity (Wildman–Crippen MR) is 243 cm³/mol. The minimum absolute atomic E-state index is 0.0456. The molecule has 1 rings (SSSR count). The summed E-state index contributed by atoms with van der Waals surface area (Å²) in [5, 5.41) is 5.90. The molecule has 3 amide bonds. The van der Waals surface area contributed by atoms with Crippen LogP contribution in [0, 0.1) is 5.41 Å². The van der Waals surface area contributed by atoms with E-state index in [1.807, 2.05) is 4.90 Å². The van der Waals surface area contributed by atoms with Crippen LogP contribution in [0.4, 0.5) is 4.79 Å². The first kappa shape index (κ1) is 53.7. The van der Waals surface area contributed by atoms with Crippen LogP contribution in [-0.4, -0.2) is 83.5 Å². The number of benzene rings is 1. The predicted octanol–water partition coefficient (Wildman–Crippen LogP) is 9.92. The van der Waals surface area contributed by atoms with Crippen LogP contribution in [-0.2, 0) is 30.4 Å². The molecule has 0 bridgehead atoms. The first-order valence-electron chi connectivity index (χ1n) is 22.7. The van der Waals surface area contributed by atoms with Crippen molar-refractivity contribution in [2.24, 2.45) is 11.1 Å². The number of ether oxygens (including phenoxy) is 2. The van der Waals surface area contributed by atoms with Gasteiger partial charge in [-0.25, -0.2) is 9.59 Å². The molecule has 10 nitrogen and oxygen atoms in total. The molecule has 0 saturated carbocycles. The van der Waals surface area contributed by atoms with Crippen molar-refractivity contribution in [3.63, 3.8) is 0 Å². The van der Waals surface area contributed by atoms with E-state index < -0.39 is 53.6 Å². The molecule has 11 heteroatoms. The fourth-order valence-electron chi connectivity index (χ4n) is 7.42. The number of nitrogens with two attached hydrogens (primary N) is 1. The van der Waals surface area contributed by atoms with Crippen LogP contribution in [0.5, 0.6) is 0 Å². The molecular formula is C47H86N4O6Sn. The second kappa shape index (κ2) is 26.8. The molecule has 0 aliphatic heterocycles. The van der Waals surface area contributed by atoms with Crippen LogP contribution >= 0.6 is 0 Å². The topological polar surface area (TPSA) is 140 Å². The Morgan fingerprint density at radius 1 is 0.690 bits per heavy atom. The van der Waals surface area contributed by atoms with Crippen LogP contribution < -0.4 is 19.9 Å². The number of esters is 2. The third-order valence-electron chi connectivity index (χ3n) is 10.7. The number of carbonyl (C=O) groups excluding carboxylic acids is 4. The van der Waals surface area contributed by atoms with Gasteiger partial charge >= 0.3 is 239 Å². The summed E-state index contributed by atoms with van der Waals surface area (Å²) < 4.78 is 17.0. The Labute approximate surface area is 358 Å². The van der Waals surface area contributed by atoms with Crippen molar-refractivity contribution in [1.82, 2.24) is 15.5 Å². The number of hydrogen-bond donors (Lipinski definition) is 3. The first-order chi connectivity index (χ1) is 27.1. The van der Waals surface area contributed by atoms with Gasteiger partial charge in [0.1, 0.15) is 17.2 Å². The number of nitrogens with one attached hydrogen (secondary N) is 2. The van der Waals surface area contributed by atoms with Crippen molar-refractivity contribution >= 4 is 45.8 Å². The summed E-state index contributed by atoms with van der Waals surface area (Å²) in [7, 11) is 0. The number of nitrogens with zero attached hydrogens (tertiary/aromatic N) is 1. The molecule has 58 heavy (non-hydrogen) atoms. The fraction of sp³-hybridized carbons (Fsp3) is 0.787. The Balaban J connectivity index is 3.11. The number of unbranched alkanes of at least 4 members (excludes halogenated alkanes) is 5. The van der Waals surface area contributed by atoms with Gasteiger partial charge in [0.15, 0.2) is 0 Å². The van der Waals surface area contributed by atoms with E-state index in [1.54, 1.807) is 45.1 Å². The molecule has 2 atom stereocenters. The van der Waals surface area contributed by atoms with Gasteiger partial charge in [0.2, 0.25) is 0 Å². The zero-order chi connectivity index (χ0) is 44.0. The van der Waals surface area contributed by atoms with Gasteiger partial charge < -0.3 is 14.8 Å². The van der Waals surface area contributed by atoms with Gasteiger partial charge in [-0.05, 0) is 48.0 Å². The molecule has 0 aromatic heterocycles. The van der Waals surface area contributed by atoms with E-state index in [1.165, 1.54) is 57.4 Å². The third-order valence-corrected chi connectivity index (χ3v) is 26.4. The van der Waals surface area contributed by atoms with Gasteiger partial charge in [-0.15, -0.1) is 0 Å². The van der Waals surface area contributed by atoms with Gasteiger partial charge in [-0.1, -0.05) is 20.8 Å². The van der Waals surface area contributed by atoms with E-state index in [-0.39, 0.29) is 30.2 Å². The monoisotopic (exact) mass is 923 g/mol. The van der Waals surface area contributed by atoms with E-state index in [4.69, 9.17) is 15.2 Å². The molecule has 0 spiro atoms. The summed E-state index contributed by atoms with van der Waals surface area (Å²) in [6.45, 7) is 25.6. The van der Waals surface area contributed by atoms with Crippen LogP contribution in [0.1, 0.15) is 179 Å². The normalized spacial score (nSPS) is 13.4. The Morgan fingerprint density at radius 2 is 1.24 bits per heavy atom. The van der Waals surface area contributed by atoms with E-state index in [9.17, 15) is 19.2 Å². The molecule has 0 aliphatic carbocycles. The quantitative estimate of drug-likeness (QED) is 0.0454. The summed E-state index contributed by atoms with van der Waals surface area (Å²) in [6.07, 6.45) is 12.1. The average Bonchev–Trinajstić information content (AvgIpc) is 3.12. The minimum atomic E-state index is -2.55. The average molecular weight is 922 g/mol. The number of hydrogen-bond acceptors (Lipinski definition) is 7. The molecule has 334 valence electrons. The van der Waals surface area contributed by atoms with Crippen LogP contribution in [0.2, 0.25) is 13.3 Å². The van der Waals surface area contributed by atoms with Crippen molar-refractivity contribution in [1.29, 1.82) is 0 Å². The van der Waals surface area contributed by atoms with Crippen molar-refractivity contribution in [2.45, 2.75) is 216 Å². The Morgan fingerprint density at radius 3 is 1.72 bits per heavy atom. The summed E-state index contributed by atoms with van der Waals surface area (Å²) in [6, 6.07) is 7.72. The summed E-state index contributed by atoms with van der Waals surface area (Å²) in [5.74, 6) is -0.892. The van der Waals surface area contributed by atoms with Crippen molar-refractivity contribution < 1.29 is 28.7 Å². The van der Waals surface area contributed by atoms with Crippen molar-refractivity contribution in [3.05, 3.63) is 29.8 Å². The molecule has 1 aromatic carbocycles. The van der Waals surface area contributed by atoms with Gasteiger partial charge in [-0.2, -0.15) is 0 Å². The Hall–Kier alpha value is -2.34. The summed E-state index contributed by atoms with van der Waals surface area (Å²) >= 11 is -2.55. The maximum atomic E-state index is 13.6. The van der Waals surface area contributed by atoms with Gasteiger partial charge in [0.25, 0.3) is 0 Å². The summed E-state index contributed by atoms with van der Waals surface area (Å²) in [5.41, 5.74) is 5.24. The first-order valence-corrected chi connectivity index (χ1v) is 30.2. The van der Waals surface area contributed by atoms with Crippen molar-refractivity contribution in [3.8, 4) is 0 Å². The molecule has 4 N–H and O–H groups in total. The number of rotatable bonds is 27. The Bertz CT molecular complexity index is 1330. The SMILES string of the molecule is CCC[CH2][Sn]([CH2]CCC)([CH2]CCC)[c]1ccc(CN(CCCC[C@H](NC(=O)N[C@@H](CCC(=O)OC(C)(C)C)C(=O)OC(C)(C)C)C(C)(C)C)C(=O)CCCCN)cc1. The Kier molecular flexibility index (Phi) is 24.8. The second-order valence-electron chi connectivity index (χ2n) is 19.6. The molecule has 0 aliphatic rings. The van der Waals surface area contributed by atoms with Gasteiger partial charge in [0, 0.05) is 6.42 Å². The van der Waals surface area contributed by atoms with E-state index in [0.717, 1.165) is 25.7 Å². The van der Waals surface area contributed by atoms with Crippen LogP contribution in [0.15, 0.2) is 24.3 Å². The molecular weight excluding hydrogens is 835 g/mol. The molecule has 0 fully saturated rings. The maximum absolute atomic E-state index is 13.6. The third kappa shape index (κ3) is 22.3. The molecule has 0 radical (unpaired) electrons. The zero-order valence-electron chi connectivity index (χ0n) is 39.1. The van der Waals surface area contributed by atoms with Crippen molar-refractivity contribution in [2.75, 3.05) is 13.1 Å². The molecule has 0 heterocycles. The zero-order valence-corrected chi connectivity index (χ0v) is 41.9. The fourth-order valence-corrected chi connectivity index (χ4v) is 23.3. The summed E-state index contributed by atoms with van der Waals surface area (Å²) in [4.78, 5) is 54.7. The number of carbonyl (C=O) groups is 4. The number of amides is 3. The van der Waals surface area contributed by atoms with Crippen LogP contribution in [0.25, 0.3) is 0 Å². The molecule has 1 aromatic rings.